The van der Waals surface area contributed by atoms with Crippen molar-refractivity contribution in [2.75, 3.05) is 7.11 Å². The van der Waals surface area contributed by atoms with Gasteiger partial charge < -0.3 is 15.4 Å². The van der Waals surface area contributed by atoms with Crippen LogP contribution in [-0.4, -0.2) is 23.7 Å². The fourth-order valence-electron chi connectivity index (χ4n) is 1.56. The van der Waals surface area contributed by atoms with Crippen LogP contribution in [0.25, 0.3) is 0 Å². The quantitative estimate of drug-likeness (QED) is 0.832. The molecule has 0 aromatic heterocycles. The van der Waals surface area contributed by atoms with Crippen molar-refractivity contribution in [2.45, 2.75) is 32.7 Å². The molecule has 2 N–H and O–H groups in total. The molecule has 104 valence electrons. The van der Waals surface area contributed by atoms with Crippen LogP contribution in [0, 0.1) is 0 Å². The monoisotopic (exact) mass is 280 g/mol. The number of hydrogen-bond donors (Lipinski definition) is 2. The smallest absolute Gasteiger partial charge is 0.230 e. The summed E-state index contributed by atoms with van der Waals surface area (Å²) in [7, 11) is 1.59. The van der Waals surface area contributed by atoms with Crippen LogP contribution in [0.15, 0.2) is 24.3 Å². The predicted molar refractivity (Wildman–Crippen MR) is 80.3 cm³/mol. The number of carbonyl (C=O) groups is 1. The Morgan fingerprint density at radius 3 is 2.53 bits per heavy atom. The van der Waals surface area contributed by atoms with Gasteiger partial charge in [-0.25, -0.2) is 0 Å². The van der Waals surface area contributed by atoms with Gasteiger partial charge in [0.2, 0.25) is 5.91 Å². The second-order valence-corrected chi connectivity index (χ2v) is 5.65. The summed E-state index contributed by atoms with van der Waals surface area (Å²) >= 11 is 5.08. The number of thiocarbonyl (C=S) groups is 1. The fraction of sp³-hybridized carbons (Fsp3) is 0.429. The normalized spacial score (nSPS) is 10.7. The number of nitrogens with one attached hydrogen (secondary N) is 2. The van der Waals surface area contributed by atoms with Gasteiger partial charge in [0.15, 0.2) is 5.11 Å². The van der Waals surface area contributed by atoms with Crippen LogP contribution >= 0.6 is 12.2 Å². The molecule has 0 aliphatic heterocycles. The van der Waals surface area contributed by atoms with Crippen LogP contribution in [0.2, 0.25) is 0 Å². The van der Waals surface area contributed by atoms with Crippen LogP contribution in [0.3, 0.4) is 0 Å². The third kappa shape index (κ3) is 5.70. The molecular weight excluding hydrogens is 260 g/mol. The predicted octanol–water partition coefficient (Wildman–Crippen LogP) is 2.03. The Morgan fingerprint density at radius 2 is 1.95 bits per heavy atom. The lowest BCUT2D eigenvalue weighted by molar-refractivity contribution is -0.119. The lowest BCUT2D eigenvalue weighted by Gasteiger charge is -2.22. The largest absolute Gasteiger partial charge is 0.496 e. The average molecular weight is 280 g/mol. The summed E-state index contributed by atoms with van der Waals surface area (Å²) in [5.41, 5.74) is 0.662. The molecule has 19 heavy (non-hydrogen) atoms. The van der Waals surface area contributed by atoms with Gasteiger partial charge in [-0.2, -0.15) is 0 Å². The molecule has 0 aliphatic rings. The molecule has 1 amide bonds. The summed E-state index contributed by atoms with van der Waals surface area (Å²) in [5, 5.41) is 6.03. The number of methoxy groups -OCH3 is 1. The van der Waals surface area contributed by atoms with Gasteiger partial charge in [-0.05, 0) is 39.1 Å². The van der Waals surface area contributed by atoms with Crippen molar-refractivity contribution in [3.05, 3.63) is 29.8 Å². The summed E-state index contributed by atoms with van der Waals surface area (Å²) in [4.78, 5) is 11.9. The zero-order chi connectivity index (χ0) is 14.5. The molecule has 0 bridgehead atoms. The summed E-state index contributed by atoms with van der Waals surface area (Å²) in [6.07, 6.45) is 0.232. The van der Waals surface area contributed by atoms with Crippen LogP contribution in [0.5, 0.6) is 5.75 Å². The highest BCUT2D eigenvalue weighted by Gasteiger charge is 2.14. The molecule has 0 spiro atoms. The van der Waals surface area contributed by atoms with E-state index in [0.717, 1.165) is 5.56 Å². The SMILES string of the molecule is COc1ccccc1CC(=O)NC(=S)NC(C)(C)C. The molecular formula is C14H20N2O2S. The molecule has 4 nitrogen and oxygen atoms in total. The molecule has 0 unspecified atom stereocenters. The van der Waals surface area contributed by atoms with Crippen molar-refractivity contribution >= 4 is 23.2 Å². The fourth-order valence-corrected chi connectivity index (χ4v) is 1.98. The Balaban J connectivity index is 2.58. The van der Waals surface area contributed by atoms with Crippen molar-refractivity contribution in [3.63, 3.8) is 0 Å². The maximum absolute atomic E-state index is 11.9. The standard InChI is InChI=1S/C14H20N2O2S/c1-14(2,3)16-13(19)15-12(17)9-10-7-5-6-8-11(10)18-4/h5-8H,9H2,1-4H3,(H2,15,16,17,19). The van der Waals surface area contributed by atoms with Gasteiger partial charge in [0.05, 0.1) is 13.5 Å². The van der Waals surface area contributed by atoms with E-state index in [1.54, 1.807) is 7.11 Å². The Kier molecular flexibility index (Phi) is 5.30. The van der Waals surface area contributed by atoms with E-state index in [9.17, 15) is 4.79 Å². The highest BCUT2D eigenvalue weighted by molar-refractivity contribution is 7.80. The molecule has 0 fully saturated rings. The summed E-state index contributed by atoms with van der Waals surface area (Å²) in [5.74, 6) is 0.540. The number of amides is 1. The van der Waals surface area contributed by atoms with Gasteiger partial charge in [0.25, 0.3) is 0 Å². The van der Waals surface area contributed by atoms with Crippen molar-refractivity contribution in [2.24, 2.45) is 0 Å². The van der Waals surface area contributed by atoms with Gasteiger partial charge in [0, 0.05) is 11.1 Å². The number of benzene rings is 1. The first-order valence-corrected chi connectivity index (χ1v) is 6.46. The van der Waals surface area contributed by atoms with E-state index in [1.165, 1.54) is 0 Å². The van der Waals surface area contributed by atoms with Crippen LogP contribution in [-0.2, 0) is 11.2 Å². The number of hydrogen-bond acceptors (Lipinski definition) is 3. The van der Waals surface area contributed by atoms with E-state index >= 15 is 0 Å². The minimum absolute atomic E-state index is 0.161. The Bertz CT molecular complexity index is 467. The van der Waals surface area contributed by atoms with Crippen molar-refractivity contribution < 1.29 is 9.53 Å². The average Bonchev–Trinajstić information content (AvgIpc) is 2.26. The molecule has 1 rings (SSSR count). The second kappa shape index (κ2) is 6.52. The zero-order valence-corrected chi connectivity index (χ0v) is 12.6. The van der Waals surface area contributed by atoms with E-state index in [0.29, 0.717) is 10.9 Å². The Labute approximate surface area is 119 Å². The van der Waals surface area contributed by atoms with Gasteiger partial charge in [0.1, 0.15) is 5.75 Å². The maximum Gasteiger partial charge on any atom is 0.230 e. The van der Waals surface area contributed by atoms with Crippen LogP contribution in [0.4, 0.5) is 0 Å². The molecule has 0 saturated heterocycles. The third-order valence-corrected chi connectivity index (χ3v) is 2.49. The lowest BCUT2D eigenvalue weighted by Crippen LogP contribution is -2.48. The topological polar surface area (TPSA) is 50.4 Å². The summed E-state index contributed by atoms with van der Waals surface area (Å²) in [6, 6.07) is 7.43. The first-order chi connectivity index (χ1) is 8.81. The van der Waals surface area contributed by atoms with Gasteiger partial charge in [-0.3, -0.25) is 4.79 Å². The molecule has 0 saturated carbocycles. The molecule has 0 heterocycles. The minimum Gasteiger partial charge on any atom is -0.496 e. The van der Waals surface area contributed by atoms with E-state index in [-0.39, 0.29) is 17.9 Å². The van der Waals surface area contributed by atoms with Crippen molar-refractivity contribution in [1.82, 2.24) is 10.6 Å². The first kappa shape index (κ1) is 15.4. The zero-order valence-electron chi connectivity index (χ0n) is 11.7. The van der Waals surface area contributed by atoms with Crippen molar-refractivity contribution in [1.29, 1.82) is 0 Å². The number of rotatable bonds is 3. The van der Waals surface area contributed by atoms with Gasteiger partial charge in [-0.1, -0.05) is 18.2 Å². The van der Waals surface area contributed by atoms with E-state index in [4.69, 9.17) is 17.0 Å². The van der Waals surface area contributed by atoms with Crippen molar-refractivity contribution in [3.8, 4) is 5.75 Å². The number of carbonyl (C=O) groups excluding carboxylic acids is 1. The summed E-state index contributed by atoms with van der Waals surface area (Å²) in [6.45, 7) is 5.93. The highest BCUT2D eigenvalue weighted by atomic mass is 32.1. The molecule has 1 aromatic rings. The minimum atomic E-state index is -0.172. The van der Waals surface area contributed by atoms with Gasteiger partial charge >= 0.3 is 0 Å². The molecule has 1 aromatic carbocycles. The van der Waals surface area contributed by atoms with Crippen LogP contribution in [0.1, 0.15) is 26.3 Å². The molecule has 0 aliphatic carbocycles. The first-order valence-electron chi connectivity index (χ1n) is 6.06. The van der Waals surface area contributed by atoms with E-state index < -0.39 is 0 Å². The molecule has 0 radical (unpaired) electrons. The van der Waals surface area contributed by atoms with Gasteiger partial charge in [-0.15, -0.1) is 0 Å². The Morgan fingerprint density at radius 1 is 1.32 bits per heavy atom. The maximum atomic E-state index is 11.9. The molecule has 5 heteroatoms. The second-order valence-electron chi connectivity index (χ2n) is 5.24. The summed E-state index contributed by atoms with van der Waals surface area (Å²) < 4.78 is 5.20. The highest BCUT2D eigenvalue weighted by Crippen LogP contribution is 2.17. The van der Waals surface area contributed by atoms with E-state index in [1.807, 2.05) is 45.0 Å². The Hall–Kier alpha value is -1.62. The number of ether oxygens (including phenoxy) is 1. The third-order valence-electron chi connectivity index (χ3n) is 2.29. The number of para-hydroxylation sites is 1. The van der Waals surface area contributed by atoms with E-state index in [2.05, 4.69) is 10.6 Å². The van der Waals surface area contributed by atoms with Crippen LogP contribution < -0.4 is 15.4 Å². The molecule has 0 atom stereocenters. The lowest BCUT2D eigenvalue weighted by atomic mass is 10.1.